The molecule has 3 aromatic heterocycles. The van der Waals surface area contributed by atoms with E-state index in [1.54, 1.807) is 30.2 Å². The molecule has 10 heteroatoms. The maximum absolute atomic E-state index is 6.27. The van der Waals surface area contributed by atoms with E-state index in [0.717, 1.165) is 44.9 Å². The van der Waals surface area contributed by atoms with Gasteiger partial charge in [-0.2, -0.15) is 0 Å². The summed E-state index contributed by atoms with van der Waals surface area (Å²) in [7, 11) is 1.68. The zero-order valence-electron chi connectivity index (χ0n) is 14.4. The van der Waals surface area contributed by atoms with Crippen LogP contribution in [0.4, 0.5) is 10.9 Å². The van der Waals surface area contributed by atoms with Crippen LogP contribution in [0, 0.1) is 0 Å². The van der Waals surface area contributed by atoms with Gasteiger partial charge in [0.25, 0.3) is 0 Å². The minimum absolute atomic E-state index is 0.615. The second kappa shape index (κ2) is 8.03. The maximum Gasteiger partial charge on any atom is 0.206 e. The highest BCUT2D eigenvalue weighted by Gasteiger charge is 2.20. The molecule has 0 amide bonds. The van der Waals surface area contributed by atoms with E-state index in [9.17, 15) is 0 Å². The first kappa shape index (κ1) is 17.9. The van der Waals surface area contributed by atoms with Crippen molar-refractivity contribution in [1.82, 2.24) is 20.2 Å². The van der Waals surface area contributed by atoms with E-state index in [-0.39, 0.29) is 0 Å². The Bertz CT molecular complexity index is 909. The van der Waals surface area contributed by atoms with Crippen LogP contribution < -0.4 is 11.1 Å². The monoisotopic (exact) mass is 408 g/mol. The Hall–Kier alpha value is -1.49. The van der Waals surface area contributed by atoms with E-state index in [1.807, 2.05) is 0 Å². The number of rotatable bonds is 7. The van der Waals surface area contributed by atoms with Crippen molar-refractivity contribution in [3.8, 4) is 0 Å². The highest BCUT2D eigenvalue weighted by Crippen LogP contribution is 2.38. The number of aryl methyl sites for hydroxylation is 2. The summed E-state index contributed by atoms with van der Waals surface area (Å²) < 4.78 is 5.90. The first-order chi connectivity index (χ1) is 12.7. The molecule has 0 fully saturated rings. The molecule has 138 valence electrons. The van der Waals surface area contributed by atoms with Gasteiger partial charge in [-0.25, -0.2) is 9.97 Å². The van der Waals surface area contributed by atoms with Crippen LogP contribution in [0.2, 0.25) is 0 Å². The topological polar surface area (TPSA) is 98.8 Å². The lowest BCUT2D eigenvalue weighted by Gasteiger charge is -2.10. The summed E-state index contributed by atoms with van der Waals surface area (Å²) in [5.74, 6) is 2.00. The number of nitrogens with one attached hydrogen (secondary N) is 1. The lowest BCUT2D eigenvalue weighted by Crippen LogP contribution is -2.06. The number of methoxy groups -OCH3 is 1. The van der Waals surface area contributed by atoms with Gasteiger partial charge in [-0.15, -0.1) is 21.5 Å². The van der Waals surface area contributed by atoms with Gasteiger partial charge in [0.2, 0.25) is 5.13 Å². The molecular weight excluding hydrogens is 388 g/mol. The molecule has 0 atom stereocenters. The van der Waals surface area contributed by atoms with Gasteiger partial charge >= 0.3 is 0 Å². The van der Waals surface area contributed by atoms with Crippen molar-refractivity contribution in [3.05, 3.63) is 16.3 Å². The number of ether oxygens (including phenoxy) is 1. The zero-order valence-corrected chi connectivity index (χ0v) is 16.9. The summed E-state index contributed by atoms with van der Waals surface area (Å²) in [5, 5.41) is 13.4. The van der Waals surface area contributed by atoms with Crippen LogP contribution in [0.1, 0.15) is 29.1 Å². The van der Waals surface area contributed by atoms with Crippen molar-refractivity contribution in [2.45, 2.75) is 35.8 Å². The molecule has 3 N–H and O–H groups in total. The second-order valence-corrected chi connectivity index (χ2v) is 9.28. The standard InChI is InChI=1S/C16H20N6OS3/c1-23-7-6-18-15-21-22-16(26-15)24-8-11-19-13(17)12-9-4-2-3-5-10(9)25-14(12)20-11/h2-8H2,1H3,(H,18,21)(H2,17,19,20). The molecule has 3 heterocycles. The average Bonchev–Trinajstić information content (AvgIpc) is 3.24. The molecule has 0 unspecified atom stereocenters. The number of hydrogen-bond acceptors (Lipinski definition) is 10. The number of hydrogen-bond donors (Lipinski definition) is 2. The highest BCUT2D eigenvalue weighted by molar-refractivity contribution is 8.00. The maximum atomic E-state index is 6.27. The molecule has 1 aliphatic rings. The largest absolute Gasteiger partial charge is 0.383 e. The smallest absolute Gasteiger partial charge is 0.206 e. The SMILES string of the molecule is COCCNc1nnc(SCc2nc(N)c3c4c(sc3n2)CCCC4)s1. The Morgan fingerprint density at radius 1 is 1.19 bits per heavy atom. The lowest BCUT2D eigenvalue weighted by atomic mass is 9.97. The first-order valence-electron chi connectivity index (χ1n) is 8.50. The van der Waals surface area contributed by atoms with Crippen LogP contribution in [0.3, 0.4) is 0 Å². The van der Waals surface area contributed by atoms with Crippen molar-refractivity contribution in [1.29, 1.82) is 0 Å². The molecule has 0 spiro atoms. The quantitative estimate of drug-likeness (QED) is 0.454. The third-order valence-corrected chi connectivity index (χ3v) is 7.40. The number of thioether (sulfide) groups is 1. The third-order valence-electron chi connectivity index (χ3n) is 4.20. The fourth-order valence-corrected chi connectivity index (χ4v) is 5.94. The molecule has 0 saturated carbocycles. The molecule has 7 nitrogen and oxygen atoms in total. The van der Waals surface area contributed by atoms with Gasteiger partial charge in [0.05, 0.1) is 17.7 Å². The minimum atomic E-state index is 0.615. The number of fused-ring (bicyclic) bond motifs is 3. The molecule has 0 aliphatic heterocycles. The van der Waals surface area contributed by atoms with Crippen molar-refractivity contribution in [2.75, 3.05) is 31.3 Å². The number of aromatic nitrogens is 4. The van der Waals surface area contributed by atoms with Crippen molar-refractivity contribution in [3.63, 3.8) is 0 Å². The number of nitrogens with two attached hydrogens (primary N) is 1. The molecule has 3 aromatic rings. The molecule has 0 bridgehead atoms. The van der Waals surface area contributed by atoms with Crippen molar-refractivity contribution >= 4 is 55.6 Å². The van der Waals surface area contributed by atoms with Gasteiger partial charge in [0.15, 0.2) is 4.34 Å². The van der Waals surface area contributed by atoms with Gasteiger partial charge in [-0.1, -0.05) is 23.1 Å². The second-order valence-electron chi connectivity index (χ2n) is 6.00. The summed E-state index contributed by atoms with van der Waals surface area (Å²) >= 11 is 4.88. The van der Waals surface area contributed by atoms with Crippen LogP contribution in [0.5, 0.6) is 0 Å². The fraction of sp³-hybridized carbons (Fsp3) is 0.500. The molecule has 4 rings (SSSR count). The van der Waals surface area contributed by atoms with Crippen LogP contribution in [0.15, 0.2) is 4.34 Å². The summed E-state index contributed by atoms with van der Waals surface area (Å²) in [6.45, 7) is 1.36. The van der Waals surface area contributed by atoms with E-state index in [1.165, 1.54) is 34.6 Å². The van der Waals surface area contributed by atoms with E-state index in [2.05, 4.69) is 20.5 Å². The van der Waals surface area contributed by atoms with E-state index in [4.69, 9.17) is 15.5 Å². The van der Waals surface area contributed by atoms with Crippen molar-refractivity contribution in [2.24, 2.45) is 0 Å². The summed E-state index contributed by atoms with van der Waals surface area (Å²) in [5.41, 5.74) is 7.64. The highest BCUT2D eigenvalue weighted by atomic mass is 32.2. The molecule has 0 aromatic carbocycles. The predicted octanol–water partition coefficient (Wildman–Crippen LogP) is 3.35. The Morgan fingerprint density at radius 2 is 2.08 bits per heavy atom. The average molecular weight is 409 g/mol. The van der Waals surface area contributed by atoms with Gasteiger partial charge in [0, 0.05) is 18.5 Å². The van der Waals surface area contributed by atoms with Gasteiger partial charge < -0.3 is 15.8 Å². The van der Waals surface area contributed by atoms with Crippen LogP contribution in [-0.4, -0.2) is 40.4 Å². The number of anilines is 2. The van der Waals surface area contributed by atoms with E-state index < -0.39 is 0 Å². The van der Waals surface area contributed by atoms with Gasteiger partial charge in [0.1, 0.15) is 16.5 Å². The first-order valence-corrected chi connectivity index (χ1v) is 11.1. The minimum Gasteiger partial charge on any atom is -0.383 e. The zero-order chi connectivity index (χ0) is 17.9. The number of nitrogen functional groups attached to an aromatic ring is 1. The molecule has 26 heavy (non-hydrogen) atoms. The predicted molar refractivity (Wildman–Crippen MR) is 108 cm³/mol. The Morgan fingerprint density at radius 3 is 2.96 bits per heavy atom. The van der Waals surface area contributed by atoms with E-state index in [0.29, 0.717) is 18.2 Å². The molecular formula is C16H20N6OS3. The number of thiophene rings is 1. The fourth-order valence-electron chi connectivity index (χ4n) is 3.02. The summed E-state index contributed by atoms with van der Waals surface area (Å²) in [6.07, 6.45) is 4.73. The lowest BCUT2D eigenvalue weighted by molar-refractivity contribution is 0.211. The van der Waals surface area contributed by atoms with Crippen LogP contribution in [0.25, 0.3) is 10.2 Å². The number of nitrogens with zero attached hydrogens (tertiary/aromatic N) is 4. The van der Waals surface area contributed by atoms with Crippen molar-refractivity contribution < 1.29 is 4.74 Å². The Kier molecular flexibility index (Phi) is 5.53. The normalized spacial score (nSPS) is 13.9. The Balaban J connectivity index is 1.46. The van der Waals surface area contributed by atoms with E-state index >= 15 is 0 Å². The van der Waals surface area contributed by atoms with Gasteiger partial charge in [-0.3, -0.25) is 0 Å². The Labute approximate surface area is 163 Å². The third kappa shape index (κ3) is 3.78. The summed E-state index contributed by atoms with van der Waals surface area (Å²) in [4.78, 5) is 11.8. The van der Waals surface area contributed by atoms with Crippen LogP contribution >= 0.6 is 34.4 Å². The molecule has 0 saturated heterocycles. The summed E-state index contributed by atoms with van der Waals surface area (Å²) in [6, 6.07) is 0. The molecule has 1 aliphatic carbocycles. The van der Waals surface area contributed by atoms with Gasteiger partial charge in [-0.05, 0) is 31.2 Å². The molecule has 0 radical (unpaired) electrons. The van der Waals surface area contributed by atoms with Crippen LogP contribution in [-0.2, 0) is 23.3 Å².